The van der Waals surface area contributed by atoms with Gasteiger partial charge in [0.2, 0.25) is 0 Å². The van der Waals surface area contributed by atoms with Gasteiger partial charge in [-0.2, -0.15) is 0 Å². The highest BCUT2D eigenvalue weighted by Crippen LogP contribution is 2.31. The van der Waals surface area contributed by atoms with E-state index in [1.807, 2.05) is 0 Å². The number of ether oxygens (including phenoxy) is 1. The van der Waals surface area contributed by atoms with E-state index < -0.39 is 43.0 Å². The molecule has 11 nitrogen and oxygen atoms in total. The maximum Gasteiger partial charge on any atom is 0.183 e. The number of imidazole rings is 2. The molecule has 0 aliphatic carbocycles. The molecule has 296 valence electrons. The lowest BCUT2D eigenvalue weighted by atomic mass is 10.2. The van der Waals surface area contributed by atoms with Crippen molar-refractivity contribution in [1.82, 2.24) is 39.5 Å². The fraction of sp³-hybridized carbons (Fsp3) is 0.150. The van der Waals surface area contributed by atoms with Gasteiger partial charge in [-0.05, 0) is 54.6 Å². The Balaban J connectivity index is 0.000000183. The zero-order valence-corrected chi connectivity index (χ0v) is 32.2. The Morgan fingerprint density at radius 3 is 1.71 bits per heavy atom. The molecule has 0 unspecified atom stereocenters. The lowest BCUT2D eigenvalue weighted by Crippen LogP contribution is -2.22. The fourth-order valence-corrected chi connectivity index (χ4v) is 6.34. The second-order valence-electron chi connectivity index (χ2n) is 14.0. The standard InChI is InChI=1S/C23H24F3N5OSi.C17H10F3N5/c1-33(2,3)12-11-32-14-31-13-27-20-22(28-19-17(25)9-6-10-18(19)26)29-21(30-23(20)31)15-7-4-5-8-16(15)24;18-10-5-2-1-4-9(10)15-24-16-14(21-8-22-16)17(25-15)23-13-11(19)6-3-7-12(13)20/h4-10,13H,11-12,14H2,1-3H3,(H,28,29,30);1-8H,(H2,21,22,23,24,25). The Kier molecular flexibility index (Phi) is 11.5. The van der Waals surface area contributed by atoms with Crippen LogP contribution in [0.5, 0.6) is 0 Å². The van der Waals surface area contributed by atoms with Gasteiger partial charge in [-0.25, -0.2) is 56.2 Å². The van der Waals surface area contributed by atoms with E-state index in [4.69, 9.17) is 4.74 Å². The summed E-state index contributed by atoms with van der Waals surface area (Å²) in [5.41, 5.74) is 0.806. The Hall–Kier alpha value is -6.66. The molecule has 3 N–H and O–H groups in total. The second kappa shape index (κ2) is 16.8. The molecule has 0 atom stereocenters. The molecule has 4 aromatic carbocycles. The molecule has 0 bridgehead atoms. The Labute approximate surface area is 328 Å². The summed E-state index contributed by atoms with van der Waals surface area (Å²) in [5.74, 6) is -3.91. The third-order valence-corrected chi connectivity index (χ3v) is 10.3. The Bertz CT molecular complexity index is 2700. The topological polar surface area (TPSA) is 131 Å². The fourth-order valence-electron chi connectivity index (χ4n) is 5.59. The third-order valence-electron chi connectivity index (χ3n) is 8.62. The van der Waals surface area contributed by atoms with Crippen molar-refractivity contribution >= 4 is 53.4 Å². The SMILES string of the molecule is C[Si](C)(C)CCOCn1cnc2c(Nc3c(F)cccc3F)nc(-c3ccccc3F)nc21.Fc1ccccc1-c1nc(Nc2c(F)cccc2F)c2[nH]cnc2n1. The summed E-state index contributed by atoms with van der Waals surface area (Å²) in [6, 6.07) is 20.0. The molecule has 0 amide bonds. The van der Waals surface area contributed by atoms with Gasteiger partial charge in [0.15, 0.2) is 40.1 Å². The van der Waals surface area contributed by atoms with Crippen LogP contribution in [0.2, 0.25) is 25.7 Å². The van der Waals surface area contributed by atoms with E-state index in [-0.39, 0.29) is 63.7 Å². The zero-order chi connectivity index (χ0) is 41.0. The quantitative estimate of drug-likeness (QED) is 0.0664. The number of hydrogen-bond acceptors (Lipinski definition) is 9. The number of anilines is 4. The van der Waals surface area contributed by atoms with Gasteiger partial charge in [0.1, 0.15) is 58.5 Å². The highest BCUT2D eigenvalue weighted by molar-refractivity contribution is 6.76. The molecule has 4 aromatic heterocycles. The third kappa shape index (κ3) is 8.82. The van der Waals surface area contributed by atoms with Crippen molar-refractivity contribution in [2.24, 2.45) is 0 Å². The van der Waals surface area contributed by atoms with Gasteiger partial charge < -0.3 is 20.4 Å². The molecule has 0 saturated heterocycles. The van der Waals surface area contributed by atoms with Gasteiger partial charge in [0.25, 0.3) is 0 Å². The van der Waals surface area contributed by atoms with Gasteiger partial charge in [0, 0.05) is 14.7 Å². The van der Waals surface area contributed by atoms with E-state index in [0.717, 1.165) is 30.3 Å². The number of rotatable bonds is 11. The molecule has 0 fully saturated rings. The van der Waals surface area contributed by atoms with E-state index in [0.29, 0.717) is 17.8 Å². The summed E-state index contributed by atoms with van der Waals surface area (Å²) in [6.07, 6.45) is 2.88. The number of aromatic nitrogens is 8. The van der Waals surface area contributed by atoms with Crippen molar-refractivity contribution in [3.63, 3.8) is 0 Å². The van der Waals surface area contributed by atoms with Crippen LogP contribution in [-0.2, 0) is 11.5 Å². The molecule has 0 spiro atoms. The number of aromatic amines is 1. The van der Waals surface area contributed by atoms with Gasteiger partial charge in [-0.15, -0.1) is 0 Å². The lowest BCUT2D eigenvalue weighted by Gasteiger charge is -2.15. The van der Waals surface area contributed by atoms with Gasteiger partial charge >= 0.3 is 0 Å². The first-order valence-electron chi connectivity index (χ1n) is 17.8. The number of nitrogens with one attached hydrogen (secondary N) is 3. The summed E-state index contributed by atoms with van der Waals surface area (Å²) in [5, 5.41) is 5.28. The van der Waals surface area contributed by atoms with Gasteiger partial charge in [-0.3, -0.25) is 4.57 Å². The normalized spacial score (nSPS) is 11.5. The number of benzene rings is 4. The zero-order valence-electron chi connectivity index (χ0n) is 31.2. The molecule has 8 rings (SSSR count). The van der Waals surface area contributed by atoms with Crippen molar-refractivity contribution < 1.29 is 31.1 Å². The van der Waals surface area contributed by atoms with E-state index in [1.54, 1.807) is 28.8 Å². The number of para-hydroxylation sites is 2. The molecular weight excluding hydrogens is 779 g/mol. The van der Waals surface area contributed by atoms with Crippen LogP contribution in [0.25, 0.3) is 45.1 Å². The first-order valence-corrected chi connectivity index (χ1v) is 21.5. The number of nitrogens with zero attached hydrogens (tertiary/aromatic N) is 7. The summed E-state index contributed by atoms with van der Waals surface area (Å²) >= 11 is 0. The minimum Gasteiger partial charge on any atom is -0.361 e. The number of hydrogen-bond donors (Lipinski definition) is 3. The highest BCUT2D eigenvalue weighted by Gasteiger charge is 2.20. The van der Waals surface area contributed by atoms with Crippen LogP contribution in [0, 0.1) is 34.9 Å². The van der Waals surface area contributed by atoms with E-state index >= 15 is 0 Å². The van der Waals surface area contributed by atoms with E-state index in [9.17, 15) is 26.3 Å². The predicted octanol–water partition coefficient (Wildman–Crippen LogP) is 10.1. The van der Waals surface area contributed by atoms with Crippen LogP contribution < -0.4 is 10.6 Å². The van der Waals surface area contributed by atoms with Crippen molar-refractivity contribution in [3.05, 3.63) is 132 Å². The summed E-state index contributed by atoms with van der Waals surface area (Å²) in [4.78, 5) is 28.4. The van der Waals surface area contributed by atoms with Crippen LogP contribution in [0.15, 0.2) is 97.6 Å². The van der Waals surface area contributed by atoms with Crippen LogP contribution in [0.3, 0.4) is 0 Å². The van der Waals surface area contributed by atoms with Crippen molar-refractivity contribution in [2.75, 3.05) is 17.2 Å². The largest absolute Gasteiger partial charge is 0.361 e. The monoisotopic (exact) mass is 812 g/mol. The molecule has 0 saturated carbocycles. The van der Waals surface area contributed by atoms with E-state index in [2.05, 4.69) is 65.2 Å². The molecular formula is C40H34F6N10OSi. The van der Waals surface area contributed by atoms with Gasteiger partial charge in [0.05, 0.1) is 23.8 Å². The molecule has 58 heavy (non-hydrogen) atoms. The minimum atomic E-state index is -1.25. The number of fused-ring (bicyclic) bond motifs is 2. The van der Waals surface area contributed by atoms with Crippen molar-refractivity contribution in [2.45, 2.75) is 32.4 Å². The maximum atomic E-state index is 14.5. The smallest absolute Gasteiger partial charge is 0.183 e. The summed E-state index contributed by atoms with van der Waals surface area (Å²) in [7, 11) is -1.25. The molecule has 8 aromatic rings. The molecule has 0 radical (unpaired) electrons. The van der Waals surface area contributed by atoms with Crippen molar-refractivity contribution in [3.8, 4) is 22.8 Å². The van der Waals surface area contributed by atoms with Gasteiger partial charge in [-0.1, -0.05) is 56.0 Å². The average Bonchev–Trinajstić information content (AvgIpc) is 3.84. The second-order valence-corrected chi connectivity index (χ2v) is 19.7. The summed E-state index contributed by atoms with van der Waals surface area (Å²) < 4.78 is 92.4. The maximum absolute atomic E-state index is 14.5. The lowest BCUT2D eigenvalue weighted by molar-refractivity contribution is 0.0895. The molecule has 18 heteroatoms. The number of halogens is 6. The Morgan fingerprint density at radius 2 is 1.14 bits per heavy atom. The summed E-state index contributed by atoms with van der Waals surface area (Å²) in [6.45, 7) is 7.55. The molecule has 0 aliphatic rings. The van der Waals surface area contributed by atoms with E-state index in [1.165, 1.54) is 49.1 Å². The van der Waals surface area contributed by atoms with Crippen LogP contribution in [0.4, 0.5) is 49.4 Å². The van der Waals surface area contributed by atoms with Crippen LogP contribution in [-0.4, -0.2) is 54.1 Å². The molecule has 0 aliphatic heterocycles. The predicted molar refractivity (Wildman–Crippen MR) is 211 cm³/mol. The van der Waals surface area contributed by atoms with Crippen molar-refractivity contribution in [1.29, 1.82) is 0 Å². The Morgan fingerprint density at radius 1 is 0.621 bits per heavy atom. The first-order chi connectivity index (χ1) is 27.9. The highest BCUT2D eigenvalue weighted by atomic mass is 28.3. The number of H-pyrrole nitrogens is 1. The first kappa shape index (κ1) is 39.6. The van der Waals surface area contributed by atoms with Crippen LogP contribution in [0.1, 0.15) is 0 Å². The minimum absolute atomic E-state index is 0.0527. The molecule has 4 heterocycles. The van der Waals surface area contributed by atoms with Crippen LogP contribution >= 0.6 is 0 Å². The average molecular weight is 813 g/mol.